The molecule has 0 aromatic heterocycles. The summed E-state index contributed by atoms with van der Waals surface area (Å²) in [5.74, 6) is -2.50. The zero-order chi connectivity index (χ0) is 62.1. The highest BCUT2D eigenvalue weighted by atomic mass is 19.1. The fourth-order valence-electron chi connectivity index (χ4n) is 10.8. The first-order valence-corrected chi connectivity index (χ1v) is 33.8. The quantitative estimate of drug-likeness (QED) is 0.0436. The van der Waals surface area contributed by atoms with Crippen LogP contribution in [0.15, 0.2) is 0 Å². The van der Waals surface area contributed by atoms with Crippen LogP contribution >= 0.6 is 0 Å². The van der Waals surface area contributed by atoms with E-state index < -0.39 is 30.3 Å². The summed E-state index contributed by atoms with van der Waals surface area (Å²) in [5, 5.41) is 17.6. The van der Waals surface area contributed by atoms with Gasteiger partial charge in [-0.25, -0.2) is 18.4 Å². The van der Waals surface area contributed by atoms with Gasteiger partial charge in [-0.05, 0) is 138 Å². The Bertz CT molecular complexity index is 1560. The summed E-state index contributed by atoms with van der Waals surface area (Å²) < 4.78 is 36.8. The molecule has 0 aliphatic rings. The molecule has 0 bridgehead atoms. The van der Waals surface area contributed by atoms with Gasteiger partial charge in [0, 0.05) is 50.9 Å². The Morgan fingerprint density at radius 1 is 0.386 bits per heavy atom. The van der Waals surface area contributed by atoms with Crippen LogP contribution in [0.2, 0.25) is 0 Å². The molecule has 83 heavy (non-hydrogen) atoms. The summed E-state index contributed by atoms with van der Waals surface area (Å²) in [7, 11) is 9.57. The summed E-state index contributed by atoms with van der Waals surface area (Å²) in [6.07, 6.45) is 38.3. The van der Waals surface area contributed by atoms with Gasteiger partial charge in [0.15, 0.2) is 12.3 Å². The highest BCUT2D eigenvalue weighted by Gasteiger charge is 2.25. The number of esters is 2. The average Bonchev–Trinajstić information content (AvgIpc) is 3.47. The van der Waals surface area contributed by atoms with Crippen LogP contribution in [0.1, 0.15) is 303 Å². The smallest absolute Gasteiger partial charge is 0.340 e. The van der Waals surface area contributed by atoms with Crippen LogP contribution < -0.4 is 0 Å². The van der Waals surface area contributed by atoms with Gasteiger partial charge in [0.1, 0.15) is 0 Å². The molecule has 4 unspecified atom stereocenters. The topological polar surface area (TPSA) is 174 Å². The number of rotatable bonds is 59. The van der Waals surface area contributed by atoms with Crippen LogP contribution in [0, 0.1) is 0 Å². The highest BCUT2D eigenvalue weighted by molar-refractivity contribution is 5.77. The number of aliphatic carboxylic acids is 2. The maximum absolute atomic E-state index is 14.0. The van der Waals surface area contributed by atoms with Crippen molar-refractivity contribution in [3.8, 4) is 0 Å². The number of ether oxygens (including phenoxy) is 2. The first-order chi connectivity index (χ1) is 39.9. The van der Waals surface area contributed by atoms with Gasteiger partial charge >= 0.3 is 23.9 Å². The van der Waals surface area contributed by atoms with Crippen molar-refractivity contribution in [2.45, 2.75) is 328 Å². The zero-order valence-corrected chi connectivity index (χ0v) is 54.7. The van der Waals surface area contributed by atoms with Gasteiger partial charge in [-0.15, -0.1) is 0 Å². The maximum atomic E-state index is 14.0. The number of carbonyl (C=O) groups is 6. The first kappa shape index (κ1) is 81.7. The number of halogens is 2. The summed E-state index contributed by atoms with van der Waals surface area (Å²) in [5.41, 5.74) is 0. The molecule has 0 heterocycles. The molecule has 0 aromatic carbocycles. The second-order valence-corrected chi connectivity index (χ2v) is 24.1. The van der Waals surface area contributed by atoms with E-state index in [1.165, 1.54) is 84.2 Å². The lowest BCUT2D eigenvalue weighted by molar-refractivity contribution is -0.149. The number of unbranched alkanes of at least 4 members (excludes halogenated alkanes) is 26. The van der Waals surface area contributed by atoms with Crippen molar-refractivity contribution < 1.29 is 57.2 Å². The summed E-state index contributed by atoms with van der Waals surface area (Å²) in [4.78, 5) is 79.9. The highest BCUT2D eigenvalue weighted by Crippen LogP contribution is 2.24. The number of nitrogens with zero attached hydrogens (tertiary/aromatic N) is 4. The molecule has 4 atom stereocenters. The number of amides is 2. The van der Waals surface area contributed by atoms with E-state index in [0.29, 0.717) is 38.5 Å². The van der Waals surface area contributed by atoms with E-state index in [0.717, 1.165) is 174 Å². The van der Waals surface area contributed by atoms with Crippen molar-refractivity contribution in [2.24, 2.45) is 0 Å². The molecular formula is C67H128F2N4O10. The van der Waals surface area contributed by atoms with Gasteiger partial charge in [0.25, 0.3) is 0 Å². The molecule has 0 aromatic rings. The molecule has 0 spiro atoms. The Labute approximate surface area is 506 Å². The van der Waals surface area contributed by atoms with Crippen molar-refractivity contribution in [1.29, 1.82) is 0 Å². The molecule has 0 fully saturated rings. The van der Waals surface area contributed by atoms with Gasteiger partial charge in [0.2, 0.25) is 11.8 Å². The lowest BCUT2D eigenvalue weighted by Crippen LogP contribution is -2.41. The second kappa shape index (κ2) is 59.0. The molecule has 16 heteroatoms. The largest absolute Gasteiger partial charge is 0.481 e. The molecule has 0 rings (SSSR count). The predicted octanol–water partition coefficient (Wildman–Crippen LogP) is 16.3. The second-order valence-electron chi connectivity index (χ2n) is 24.1. The van der Waals surface area contributed by atoms with Gasteiger partial charge in [-0.1, -0.05) is 181 Å². The zero-order valence-electron chi connectivity index (χ0n) is 54.7. The third-order valence-corrected chi connectivity index (χ3v) is 15.9. The normalized spacial score (nSPS) is 12.8. The average molecular weight is 1190 g/mol. The van der Waals surface area contributed by atoms with Crippen LogP contribution in [0.25, 0.3) is 0 Å². The van der Waals surface area contributed by atoms with Crippen LogP contribution in [-0.2, 0) is 38.2 Å². The molecule has 2 N–H and O–H groups in total. The van der Waals surface area contributed by atoms with Gasteiger partial charge in [-0.3, -0.25) is 19.2 Å². The minimum atomic E-state index is -1.77. The number of carbonyl (C=O) groups excluding carboxylic acids is 4. The molecule has 0 saturated carbocycles. The molecule has 0 saturated heterocycles. The fourth-order valence-corrected chi connectivity index (χ4v) is 10.8. The lowest BCUT2D eigenvalue weighted by atomic mass is 9.97. The third kappa shape index (κ3) is 52.6. The fraction of sp³-hybridized carbons (Fsp3) is 0.910. The Kier molecular flexibility index (Phi) is 58.0. The number of hydrogen-bond acceptors (Lipinski definition) is 10. The minimum Gasteiger partial charge on any atom is -0.481 e. The van der Waals surface area contributed by atoms with E-state index in [2.05, 4.69) is 33.4 Å². The summed E-state index contributed by atoms with van der Waals surface area (Å²) >= 11 is 0. The molecule has 0 aliphatic heterocycles. The molecule has 14 nitrogen and oxygen atoms in total. The number of carboxylic acids is 2. The van der Waals surface area contributed by atoms with Crippen molar-refractivity contribution in [3.05, 3.63) is 0 Å². The summed E-state index contributed by atoms with van der Waals surface area (Å²) in [6.45, 7) is 9.71. The Balaban J connectivity index is 0. The molecular weight excluding hydrogens is 1060 g/mol. The van der Waals surface area contributed by atoms with E-state index >= 15 is 0 Å². The molecule has 0 radical (unpaired) electrons. The van der Waals surface area contributed by atoms with E-state index in [9.17, 15) is 37.5 Å². The SMILES string of the molecule is CCCCCCCCCC(CCCCCCC(F)C(=O)O)N(CCCCCCCC(=O)O)C(=O)CCCN(C)C.CCCCCCCCCC(CCCCCCC(F)C(=O)OCC)N(CCCCCCCC(=O)OC)C(=O)CCCN(C)C. The van der Waals surface area contributed by atoms with Gasteiger partial charge in [-0.2, -0.15) is 0 Å². The molecule has 490 valence electrons. The van der Waals surface area contributed by atoms with Crippen LogP contribution in [0.5, 0.6) is 0 Å². The number of hydrogen-bond donors (Lipinski definition) is 2. The first-order valence-electron chi connectivity index (χ1n) is 33.8. The number of alkyl halides is 2. The minimum absolute atomic E-state index is 0.0692. The summed E-state index contributed by atoms with van der Waals surface area (Å²) in [6, 6.07) is 0.456. The van der Waals surface area contributed by atoms with Crippen molar-refractivity contribution in [2.75, 3.05) is 68.1 Å². The monoisotopic (exact) mass is 1190 g/mol. The van der Waals surface area contributed by atoms with Crippen molar-refractivity contribution >= 4 is 35.7 Å². The predicted molar refractivity (Wildman–Crippen MR) is 336 cm³/mol. The van der Waals surface area contributed by atoms with E-state index in [-0.39, 0.29) is 55.7 Å². The van der Waals surface area contributed by atoms with Crippen molar-refractivity contribution in [3.63, 3.8) is 0 Å². The van der Waals surface area contributed by atoms with Gasteiger partial charge < -0.3 is 39.3 Å². The lowest BCUT2D eigenvalue weighted by Gasteiger charge is -2.33. The van der Waals surface area contributed by atoms with Crippen LogP contribution in [-0.4, -0.2) is 158 Å². The number of methoxy groups -OCH3 is 1. The Morgan fingerprint density at radius 3 is 1.05 bits per heavy atom. The van der Waals surface area contributed by atoms with E-state index in [1.54, 1.807) is 6.92 Å². The molecule has 0 aliphatic carbocycles. The Hall–Kier alpha value is -3.40. The third-order valence-electron chi connectivity index (χ3n) is 15.9. The van der Waals surface area contributed by atoms with E-state index in [4.69, 9.17) is 19.7 Å². The van der Waals surface area contributed by atoms with Crippen molar-refractivity contribution in [1.82, 2.24) is 19.6 Å². The van der Waals surface area contributed by atoms with Crippen LogP contribution in [0.4, 0.5) is 8.78 Å². The number of carboxylic acid groups (broad SMARTS) is 2. The Morgan fingerprint density at radius 2 is 0.711 bits per heavy atom. The molecule has 2 amide bonds. The maximum Gasteiger partial charge on any atom is 0.340 e. The van der Waals surface area contributed by atoms with Crippen LogP contribution in [0.3, 0.4) is 0 Å². The van der Waals surface area contributed by atoms with E-state index in [1.807, 2.05) is 28.2 Å². The standard InChI is InChI=1S/C35H67FN2O5.C32H61FN2O5/c1-6-8-9-10-11-13-18-24-31(25-19-15-16-20-26-32(36)35(41)43-7-2)38(33(39)27-23-29-37(3)4)30-22-17-12-14-21-28-34(40)42-5;1-4-5-6-7-8-10-15-21-28(22-16-12-13-17-23-29(33)32(39)40)35(30(36)24-20-26-34(2)3)27-19-14-9-11-18-25-31(37)38/h31-32H,6-30H2,1-5H3;28-29H,4-27H2,1-3H3,(H,37,38)(H,39,40). The van der Waals surface area contributed by atoms with Gasteiger partial charge in [0.05, 0.1) is 13.7 Å².